The summed E-state index contributed by atoms with van der Waals surface area (Å²) in [7, 11) is 0. The van der Waals surface area contributed by atoms with E-state index in [9.17, 15) is 8.78 Å². The average molecular weight is 462 g/mol. The summed E-state index contributed by atoms with van der Waals surface area (Å²) in [6, 6.07) is 7.77. The second-order valence-electron chi connectivity index (χ2n) is 9.47. The van der Waals surface area contributed by atoms with E-state index in [1.807, 2.05) is 29.9 Å². The largest absolute Gasteiger partial charge is 0.370 e. The monoisotopic (exact) mass is 461 g/mol. The minimum absolute atomic E-state index is 0.00352. The molecule has 3 atom stereocenters. The lowest BCUT2D eigenvalue weighted by Gasteiger charge is -2.33. The summed E-state index contributed by atoms with van der Waals surface area (Å²) in [5.74, 6) is -0.662. The molecule has 1 aliphatic heterocycles. The highest BCUT2D eigenvalue weighted by Gasteiger charge is 2.33. The average Bonchev–Trinajstić information content (AvgIpc) is 3.54. The molecule has 34 heavy (non-hydrogen) atoms. The van der Waals surface area contributed by atoms with Crippen molar-refractivity contribution in [2.24, 2.45) is 0 Å². The van der Waals surface area contributed by atoms with Crippen LogP contribution in [0.5, 0.6) is 0 Å². The van der Waals surface area contributed by atoms with Crippen LogP contribution in [-0.4, -0.2) is 30.8 Å². The number of hydrogen-bond donors (Lipinski definition) is 0. The molecule has 4 heterocycles. The molecular weight excluding hydrogens is 436 g/mol. The van der Waals surface area contributed by atoms with Gasteiger partial charge in [-0.3, -0.25) is 4.68 Å². The molecule has 1 aliphatic carbocycles. The fraction of sp³-hybridized carbons (Fsp3) is 0.385. The number of hydrogen-bond acceptors (Lipinski definition) is 5. The van der Waals surface area contributed by atoms with Crippen molar-refractivity contribution in [2.45, 2.75) is 63.7 Å². The number of aryl methyl sites for hydroxylation is 1. The standard InChI is InChI=1S/C26H25F2N5O/c1-14-3-7-21-24(20-8-4-18(27)11-22(20)28)31-25(32-26(21)30-14)16-9-15(2)34-23(10-16)17-12-29-33(13-17)19-5-6-19/h3-4,7-8,11-13,15-16,19,23H,5-6,9-10H2,1-2H3. The van der Waals surface area contributed by atoms with Crippen LogP contribution < -0.4 is 0 Å². The van der Waals surface area contributed by atoms with Crippen LogP contribution in [0.25, 0.3) is 22.3 Å². The molecule has 3 aromatic heterocycles. The van der Waals surface area contributed by atoms with Gasteiger partial charge in [-0.15, -0.1) is 0 Å². The minimum Gasteiger partial charge on any atom is -0.370 e. The Kier molecular flexibility index (Phi) is 5.13. The maximum Gasteiger partial charge on any atom is 0.163 e. The lowest BCUT2D eigenvalue weighted by molar-refractivity contribution is -0.0511. The lowest BCUT2D eigenvalue weighted by Crippen LogP contribution is -2.26. The number of rotatable bonds is 4. The summed E-state index contributed by atoms with van der Waals surface area (Å²) < 4.78 is 36.7. The Labute approximate surface area is 196 Å². The SMILES string of the molecule is Cc1ccc2c(-c3ccc(F)cc3F)nc(C3CC(C)OC(c4cnn(C5CC5)c4)C3)nc2n1. The van der Waals surface area contributed by atoms with Crippen LogP contribution in [0, 0.1) is 18.6 Å². The number of halogens is 2. The predicted octanol–water partition coefficient (Wildman–Crippen LogP) is 5.83. The number of fused-ring (bicyclic) bond motifs is 1. The highest BCUT2D eigenvalue weighted by molar-refractivity contribution is 5.90. The van der Waals surface area contributed by atoms with Crippen LogP contribution in [-0.2, 0) is 4.74 Å². The van der Waals surface area contributed by atoms with Gasteiger partial charge in [0.2, 0.25) is 0 Å². The Morgan fingerprint density at radius 2 is 1.88 bits per heavy atom. The molecule has 2 fully saturated rings. The number of pyridine rings is 1. The van der Waals surface area contributed by atoms with Gasteiger partial charge in [0.1, 0.15) is 17.5 Å². The summed E-state index contributed by atoms with van der Waals surface area (Å²) in [6.07, 6.45) is 7.66. The number of aromatic nitrogens is 5. The van der Waals surface area contributed by atoms with Crippen molar-refractivity contribution in [3.63, 3.8) is 0 Å². The number of benzene rings is 1. The van der Waals surface area contributed by atoms with E-state index in [0.29, 0.717) is 35.0 Å². The van der Waals surface area contributed by atoms with Gasteiger partial charge in [0.25, 0.3) is 0 Å². The third-order valence-electron chi connectivity index (χ3n) is 6.69. The zero-order valence-electron chi connectivity index (χ0n) is 19.1. The second-order valence-corrected chi connectivity index (χ2v) is 9.47. The molecule has 1 saturated heterocycles. The first-order chi connectivity index (χ1) is 16.4. The van der Waals surface area contributed by atoms with Gasteiger partial charge < -0.3 is 4.74 Å². The van der Waals surface area contributed by atoms with E-state index in [-0.39, 0.29) is 23.7 Å². The van der Waals surface area contributed by atoms with Crippen molar-refractivity contribution < 1.29 is 13.5 Å². The van der Waals surface area contributed by atoms with E-state index in [4.69, 9.17) is 14.7 Å². The van der Waals surface area contributed by atoms with Crippen LogP contribution in [0.1, 0.15) is 67.8 Å². The molecule has 3 unspecified atom stereocenters. The smallest absolute Gasteiger partial charge is 0.163 e. The first kappa shape index (κ1) is 21.3. The summed E-state index contributed by atoms with van der Waals surface area (Å²) in [6.45, 7) is 3.94. The van der Waals surface area contributed by atoms with Crippen molar-refractivity contribution in [1.29, 1.82) is 0 Å². The molecule has 0 spiro atoms. The molecule has 0 bridgehead atoms. The van der Waals surface area contributed by atoms with Gasteiger partial charge >= 0.3 is 0 Å². The van der Waals surface area contributed by atoms with E-state index < -0.39 is 11.6 Å². The number of ether oxygens (including phenoxy) is 1. The van der Waals surface area contributed by atoms with Crippen LogP contribution >= 0.6 is 0 Å². The maximum absolute atomic E-state index is 14.8. The van der Waals surface area contributed by atoms with Gasteiger partial charge in [0.15, 0.2) is 5.65 Å². The molecule has 0 radical (unpaired) electrons. The Balaban J connectivity index is 1.41. The summed E-state index contributed by atoms with van der Waals surface area (Å²) in [5, 5.41) is 5.16. The first-order valence-corrected chi connectivity index (χ1v) is 11.7. The molecule has 6 rings (SSSR count). The molecule has 174 valence electrons. The topological polar surface area (TPSA) is 65.7 Å². The van der Waals surface area contributed by atoms with Gasteiger partial charge in [0.05, 0.1) is 30.1 Å². The molecule has 8 heteroatoms. The van der Waals surface area contributed by atoms with Gasteiger partial charge in [-0.1, -0.05) is 0 Å². The number of nitrogens with zero attached hydrogens (tertiary/aromatic N) is 5. The molecule has 2 aliphatic rings. The zero-order valence-corrected chi connectivity index (χ0v) is 19.1. The van der Waals surface area contributed by atoms with E-state index in [2.05, 4.69) is 23.2 Å². The Bertz CT molecular complexity index is 1380. The summed E-state index contributed by atoms with van der Waals surface area (Å²) in [5.41, 5.74) is 3.06. The van der Waals surface area contributed by atoms with E-state index in [1.165, 1.54) is 25.0 Å². The molecule has 4 aromatic rings. The Morgan fingerprint density at radius 3 is 2.68 bits per heavy atom. The van der Waals surface area contributed by atoms with Gasteiger partial charge in [-0.25, -0.2) is 23.7 Å². The molecule has 6 nitrogen and oxygen atoms in total. The predicted molar refractivity (Wildman–Crippen MR) is 123 cm³/mol. The van der Waals surface area contributed by atoms with Gasteiger partial charge in [0, 0.05) is 40.4 Å². The normalized spacial score (nSPS) is 22.9. The second kappa shape index (κ2) is 8.20. The molecule has 1 saturated carbocycles. The van der Waals surface area contributed by atoms with E-state index >= 15 is 0 Å². The third-order valence-corrected chi connectivity index (χ3v) is 6.69. The van der Waals surface area contributed by atoms with Crippen molar-refractivity contribution >= 4 is 11.0 Å². The fourth-order valence-electron chi connectivity index (χ4n) is 4.82. The minimum atomic E-state index is -0.655. The molecule has 1 aromatic carbocycles. The molecule has 0 amide bonds. The zero-order chi connectivity index (χ0) is 23.4. The Hall–Kier alpha value is -3.26. The Morgan fingerprint density at radius 1 is 1.03 bits per heavy atom. The highest BCUT2D eigenvalue weighted by atomic mass is 19.1. The molecular formula is C26H25F2N5O. The summed E-state index contributed by atoms with van der Waals surface area (Å²) in [4.78, 5) is 14.2. The van der Waals surface area contributed by atoms with Crippen LogP contribution in [0.15, 0.2) is 42.7 Å². The van der Waals surface area contributed by atoms with Crippen molar-refractivity contribution in [1.82, 2.24) is 24.7 Å². The van der Waals surface area contributed by atoms with Gasteiger partial charge in [-0.05, 0) is 63.8 Å². The third kappa shape index (κ3) is 3.96. The van der Waals surface area contributed by atoms with Gasteiger partial charge in [-0.2, -0.15) is 5.10 Å². The van der Waals surface area contributed by atoms with Crippen molar-refractivity contribution in [2.75, 3.05) is 0 Å². The fourth-order valence-corrected chi connectivity index (χ4v) is 4.82. The maximum atomic E-state index is 14.8. The van der Waals surface area contributed by atoms with Crippen LogP contribution in [0.2, 0.25) is 0 Å². The van der Waals surface area contributed by atoms with E-state index in [0.717, 1.165) is 23.7 Å². The lowest BCUT2D eigenvalue weighted by atomic mass is 9.89. The van der Waals surface area contributed by atoms with E-state index in [1.54, 1.807) is 0 Å². The van der Waals surface area contributed by atoms with Crippen molar-refractivity contribution in [3.05, 3.63) is 71.4 Å². The van der Waals surface area contributed by atoms with Crippen LogP contribution in [0.3, 0.4) is 0 Å². The summed E-state index contributed by atoms with van der Waals surface area (Å²) >= 11 is 0. The van der Waals surface area contributed by atoms with Crippen molar-refractivity contribution in [3.8, 4) is 11.3 Å². The molecule has 0 N–H and O–H groups in total. The first-order valence-electron chi connectivity index (χ1n) is 11.7. The van der Waals surface area contributed by atoms with Crippen LogP contribution in [0.4, 0.5) is 8.78 Å². The highest BCUT2D eigenvalue weighted by Crippen LogP contribution is 2.41. The quantitative estimate of drug-likeness (QED) is 0.382.